The van der Waals surface area contributed by atoms with Crippen LogP contribution < -0.4 is 11.3 Å². The molecule has 0 aliphatic carbocycles. The van der Waals surface area contributed by atoms with Crippen LogP contribution in [0.5, 0.6) is 0 Å². The molecule has 0 bridgehead atoms. The van der Waals surface area contributed by atoms with Gasteiger partial charge < -0.3 is 35.2 Å². The van der Waals surface area contributed by atoms with Gasteiger partial charge in [0.25, 0.3) is 5.56 Å². The number of aliphatic hydroxyl groups excluding tert-OH is 2. The van der Waals surface area contributed by atoms with Gasteiger partial charge in [-0.1, -0.05) is 0 Å². The maximum absolute atomic E-state index is 11.8. The Kier molecular flexibility index (Phi) is 5.03. The number of aromatic nitrogens is 4. The van der Waals surface area contributed by atoms with Gasteiger partial charge in [0.05, 0.1) is 12.9 Å². The van der Waals surface area contributed by atoms with Crippen molar-refractivity contribution in [2.45, 2.75) is 24.5 Å². The van der Waals surface area contributed by atoms with Gasteiger partial charge in [-0.15, -0.1) is 0 Å². The number of nitrogens with zero attached hydrogens (tertiary/aromatic N) is 3. The van der Waals surface area contributed by atoms with Crippen molar-refractivity contribution in [2.24, 2.45) is 0 Å². The van der Waals surface area contributed by atoms with Crippen molar-refractivity contribution < 1.29 is 38.8 Å². The molecule has 0 aromatic carbocycles. The Bertz CT molecular complexity index is 974. The van der Waals surface area contributed by atoms with Crippen LogP contribution in [0.4, 0.5) is 5.95 Å². The molecule has 14 nitrogen and oxygen atoms in total. The summed E-state index contributed by atoms with van der Waals surface area (Å²) in [7, 11) is -4.45. The number of carbonyl (C=O) groups is 1. The number of carboxylic acid groups (broad SMARTS) is 1. The van der Waals surface area contributed by atoms with E-state index in [1.165, 1.54) is 4.57 Å². The molecule has 15 heteroatoms. The van der Waals surface area contributed by atoms with E-state index in [4.69, 9.17) is 15.6 Å². The molecule has 148 valence electrons. The predicted octanol–water partition coefficient (Wildman–Crippen LogP) is -2.39. The van der Waals surface area contributed by atoms with E-state index in [2.05, 4.69) is 19.5 Å². The molecule has 2 aromatic rings. The maximum atomic E-state index is 11.8. The zero-order valence-corrected chi connectivity index (χ0v) is 14.4. The van der Waals surface area contributed by atoms with Gasteiger partial charge in [-0.05, 0) is 0 Å². The van der Waals surface area contributed by atoms with Gasteiger partial charge in [0.15, 0.2) is 17.4 Å². The number of aliphatic hydroxyl groups is 2. The smallest absolute Gasteiger partial charge is 0.339 e. The summed E-state index contributed by atoms with van der Waals surface area (Å²) < 4.78 is 22.9. The average molecular weight is 405 g/mol. The lowest BCUT2D eigenvalue weighted by molar-refractivity contribution is -0.134. The Hall–Kier alpha value is -2.35. The van der Waals surface area contributed by atoms with E-state index in [0.29, 0.717) is 0 Å². The van der Waals surface area contributed by atoms with E-state index >= 15 is 0 Å². The van der Waals surface area contributed by atoms with Gasteiger partial charge in [-0.3, -0.25) is 23.7 Å². The molecule has 1 aliphatic heterocycles. The quantitative estimate of drug-likeness (QED) is 0.277. The predicted molar refractivity (Wildman–Crippen MR) is 86.8 cm³/mol. The van der Waals surface area contributed by atoms with Gasteiger partial charge in [0, 0.05) is 0 Å². The monoisotopic (exact) mass is 405 g/mol. The van der Waals surface area contributed by atoms with Crippen LogP contribution >= 0.6 is 7.60 Å². The van der Waals surface area contributed by atoms with Crippen molar-refractivity contribution in [2.75, 3.05) is 18.5 Å². The number of fused-ring (bicyclic) bond motifs is 1. The molecule has 1 fully saturated rings. The topological polar surface area (TPSA) is 223 Å². The summed E-state index contributed by atoms with van der Waals surface area (Å²) in [6, 6.07) is 0. The van der Waals surface area contributed by atoms with Crippen molar-refractivity contribution in [3.05, 3.63) is 16.7 Å². The molecule has 2 aromatic heterocycles. The third-order valence-electron chi connectivity index (χ3n) is 3.84. The third-order valence-corrected chi connectivity index (χ3v) is 5.06. The van der Waals surface area contributed by atoms with Gasteiger partial charge in [-0.2, -0.15) is 4.98 Å². The van der Waals surface area contributed by atoms with Crippen LogP contribution in [0.1, 0.15) is 6.23 Å². The van der Waals surface area contributed by atoms with Crippen LogP contribution in [0.2, 0.25) is 0 Å². The summed E-state index contributed by atoms with van der Waals surface area (Å²) in [5, 5.41) is 28.9. The summed E-state index contributed by atoms with van der Waals surface area (Å²) in [6.07, 6.45) is -5.52. The zero-order chi connectivity index (χ0) is 19.9. The number of imidazole rings is 1. The molecule has 1 saturated heterocycles. The van der Waals surface area contributed by atoms with Crippen LogP contribution in [0.3, 0.4) is 0 Å². The Morgan fingerprint density at radius 2 is 2.15 bits per heavy atom. The molecular weight excluding hydrogens is 389 g/mol. The van der Waals surface area contributed by atoms with Crippen LogP contribution in [-0.4, -0.2) is 76.8 Å². The molecule has 7 N–H and O–H groups in total. The molecule has 5 atom stereocenters. The lowest BCUT2D eigenvalue weighted by atomic mass is 10.1. The maximum Gasteiger partial charge on any atom is 0.339 e. The highest BCUT2D eigenvalue weighted by Gasteiger charge is 2.45. The Morgan fingerprint density at radius 3 is 2.81 bits per heavy atom. The number of aliphatic carboxylic acids is 1. The van der Waals surface area contributed by atoms with Crippen LogP contribution in [0.25, 0.3) is 11.2 Å². The highest BCUT2D eigenvalue weighted by atomic mass is 31.2. The van der Waals surface area contributed by atoms with E-state index < -0.39 is 56.4 Å². The molecule has 5 unspecified atom stereocenters. The summed E-state index contributed by atoms with van der Waals surface area (Å²) in [5.41, 5.74) is 4.80. The fourth-order valence-corrected chi connectivity index (χ4v) is 3.45. The Morgan fingerprint density at radius 1 is 1.44 bits per heavy atom. The average Bonchev–Trinajstić information content (AvgIpc) is 3.07. The normalized spacial score (nSPS) is 27.7. The number of H-pyrrole nitrogens is 1. The molecule has 3 rings (SSSR count). The third kappa shape index (κ3) is 3.85. The van der Waals surface area contributed by atoms with E-state index in [1.807, 2.05) is 0 Å². The van der Waals surface area contributed by atoms with Crippen LogP contribution in [0.15, 0.2) is 11.1 Å². The first-order valence-electron chi connectivity index (χ1n) is 7.51. The SMILES string of the molecule is Nc1nc2c(ncn2C2OC(COP(=O)(O)CC(=O)O)C(O)C2O)c(=O)[nH]1. The first kappa shape index (κ1) is 19.4. The molecule has 0 amide bonds. The number of carboxylic acids is 1. The molecule has 27 heavy (non-hydrogen) atoms. The second-order valence-corrected chi connectivity index (χ2v) is 7.66. The molecule has 0 saturated carbocycles. The van der Waals surface area contributed by atoms with Crippen molar-refractivity contribution in [3.8, 4) is 0 Å². The number of aromatic amines is 1. The number of ether oxygens (including phenoxy) is 1. The highest BCUT2D eigenvalue weighted by molar-refractivity contribution is 7.53. The molecule has 1 aliphatic rings. The van der Waals surface area contributed by atoms with Crippen molar-refractivity contribution in [1.82, 2.24) is 19.5 Å². The highest BCUT2D eigenvalue weighted by Crippen LogP contribution is 2.42. The van der Waals surface area contributed by atoms with Crippen molar-refractivity contribution >= 4 is 30.7 Å². The molecule has 0 radical (unpaired) electrons. The standard InChI is InChI=1S/C12H16N5O9P/c13-12-15-9-6(10(22)16-12)14-3-17(9)11-8(21)7(20)4(26-11)1-25-27(23,24)2-5(18)19/h3-4,7-8,11,20-21H,1-2H2,(H,18,19)(H,23,24)(H3,13,15,16,22). The van der Waals surface area contributed by atoms with Crippen molar-refractivity contribution in [1.29, 1.82) is 0 Å². The van der Waals surface area contributed by atoms with Crippen LogP contribution in [0, 0.1) is 0 Å². The summed E-state index contributed by atoms with van der Waals surface area (Å²) in [4.78, 5) is 41.8. The minimum Gasteiger partial charge on any atom is -0.481 e. The van der Waals surface area contributed by atoms with Gasteiger partial charge in [0.2, 0.25) is 5.95 Å². The lowest BCUT2D eigenvalue weighted by Gasteiger charge is -2.17. The number of hydrogen-bond donors (Lipinski definition) is 6. The largest absolute Gasteiger partial charge is 0.481 e. The van der Waals surface area contributed by atoms with E-state index in [1.54, 1.807) is 0 Å². The summed E-state index contributed by atoms with van der Waals surface area (Å²) >= 11 is 0. The number of nitrogen functional groups attached to an aromatic ring is 1. The fraction of sp³-hybridized carbons (Fsp3) is 0.500. The summed E-state index contributed by atoms with van der Waals surface area (Å²) in [6.45, 7) is -0.654. The molecule has 0 spiro atoms. The second kappa shape index (κ2) is 6.99. The minimum absolute atomic E-state index is 0.00669. The first-order valence-corrected chi connectivity index (χ1v) is 9.27. The number of nitrogens with one attached hydrogen (secondary N) is 1. The van der Waals surface area contributed by atoms with Crippen LogP contribution in [-0.2, 0) is 18.6 Å². The second-order valence-electron chi connectivity index (χ2n) is 5.81. The van der Waals surface area contributed by atoms with E-state index in [0.717, 1.165) is 6.33 Å². The number of rotatable bonds is 6. The summed E-state index contributed by atoms with van der Waals surface area (Å²) in [5.74, 6) is -1.73. The van der Waals surface area contributed by atoms with Gasteiger partial charge in [0.1, 0.15) is 24.5 Å². The Labute approximate surface area is 149 Å². The van der Waals surface area contributed by atoms with Crippen molar-refractivity contribution in [3.63, 3.8) is 0 Å². The lowest BCUT2D eigenvalue weighted by Crippen LogP contribution is -2.33. The van der Waals surface area contributed by atoms with Gasteiger partial charge >= 0.3 is 13.6 Å². The number of nitrogens with two attached hydrogens (primary N) is 1. The van der Waals surface area contributed by atoms with E-state index in [9.17, 15) is 29.3 Å². The molecular formula is C12H16N5O9P. The van der Waals surface area contributed by atoms with E-state index in [-0.39, 0.29) is 17.1 Å². The number of hydrogen-bond acceptors (Lipinski definition) is 10. The number of anilines is 1. The van der Waals surface area contributed by atoms with Gasteiger partial charge in [-0.25, -0.2) is 4.98 Å². The first-order chi connectivity index (χ1) is 12.6. The fourth-order valence-electron chi connectivity index (χ4n) is 2.63. The minimum atomic E-state index is -4.45. The Balaban J connectivity index is 1.80. The molecule has 3 heterocycles. The zero-order valence-electron chi connectivity index (χ0n) is 13.5.